The van der Waals surface area contributed by atoms with Crippen LogP contribution in [-0.4, -0.2) is 17.5 Å². The Morgan fingerprint density at radius 2 is 2.00 bits per heavy atom. The van der Waals surface area contributed by atoms with Crippen LogP contribution in [0.5, 0.6) is 0 Å². The molecule has 0 heterocycles. The quantitative estimate of drug-likeness (QED) is 0.656. The highest BCUT2D eigenvalue weighted by molar-refractivity contribution is 5.77. The van der Waals surface area contributed by atoms with Gasteiger partial charge in [0.2, 0.25) is 0 Å². The lowest BCUT2D eigenvalue weighted by Crippen LogP contribution is -2.32. The number of hydrogen-bond donors (Lipinski definition) is 2. The molecule has 20 heavy (non-hydrogen) atoms. The summed E-state index contributed by atoms with van der Waals surface area (Å²) in [5.74, 6) is 0.558. The Labute approximate surface area is 120 Å². The molecular weight excluding hydrogens is 254 g/mol. The molecule has 1 rings (SSSR count). The standard InChI is InChI=1S/C15H23N3O2/c1-11(16)17-9-12-6-5-7-13(8-12)10-18-14(19)20-15(2,3)4/h5-8H,9-10H2,1-4H3,(H2,16,17)(H,18,19). The molecule has 1 aromatic carbocycles. The first kappa shape index (κ1) is 16.0. The topological polar surface area (TPSA) is 76.7 Å². The molecular formula is C15H23N3O2. The number of carbonyl (C=O) groups is 1. The van der Waals surface area contributed by atoms with Crippen LogP contribution < -0.4 is 11.1 Å². The van der Waals surface area contributed by atoms with E-state index in [1.807, 2.05) is 45.0 Å². The predicted octanol–water partition coefficient (Wildman–Crippen LogP) is 2.59. The maximum atomic E-state index is 11.6. The Morgan fingerprint density at radius 3 is 2.60 bits per heavy atom. The molecule has 0 radical (unpaired) electrons. The van der Waals surface area contributed by atoms with Crippen molar-refractivity contribution in [2.75, 3.05) is 0 Å². The predicted molar refractivity (Wildman–Crippen MR) is 80.5 cm³/mol. The first-order valence-corrected chi connectivity index (χ1v) is 6.57. The molecule has 0 aromatic heterocycles. The number of nitrogens with two attached hydrogens (primary N) is 1. The smallest absolute Gasteiger partial charge is 0.407 e. The van der Waals surface area contributed by atoms with Gasteiger partial charge in [0, 0.05) is 6.54 Å². The molecule has 5 nitrogen and oxygen atoms in total. The SMILES string of the molecule is CC(N)=NCc1cccc(CNC(=O)OC(C)(C)C)c1. The summed E-state index contributed by atoms with van der Waals surface area (Å²) in [6.07, 6.45) is -0.418. The lowest BCUT2D eigenvalue weighted by atomic mass is 10.1. The fourth-order valence-corrected chi connectivity index (χ4v) is 1.54. The van der Waals surface area contributed by atoms with Gasteiger partial charge in [0.25, 0.3) is 0 Å². The monoisotopic (exact) mass is 277 g/mol. The number of hydrogen-bond acceptors (Lipinski definition) is 3. The van der Waals surface area contributed by atoms with Gasteiger partial charge in [0.15, 0.2) is 0 Å². The van der Waals surface area contributed by atoms with Crippen LogP contribution in [0.25, 0.3) is 0 Å². The molecule has 0 atom stereocenters. The zero-order valence-corrected chi connectivity index (χ0v) is 12.6. The van der Waals surface area contributed by atoms with Gasteiger partial charge in [-0.1, -0.05) is 24.3 Å². The van der Waals surface area contributed by atoms with Gasteiger partial charge in [0.05, 0.1) is 12.4 Å². The van der Waals surface area contributed by atoms with E-state index in [1.54, 1.807) is 6.92 Å². The van der Waals surface area contributed by atoms with E-state index in [0.29, 0.717) is 18.9 Å². The van der Waals surface area contributed by atoms with Crippen molar-refractivity contribution in [1.82, 2.24) is 5.32 Å². The molecule has 1 aromatic rings. The number of ether oxygens (including phenoxy) is 1. The summed E-state index contributed by atoms with van der Waals surface area (Å²) in [5, 5.41) is 2.73. The van der Waals surface area contributed by atoms with E-state index in [9.17, 15) is 4.79 Å². The Kier molecular flexibility index (Phi) is 5.55. The third-order valence-corrected chi connectivity index (χ3v) is 2.34. The van der Waals surface area contributed by atoms with Gasteiger partial charge in [-0.2, -0.15) is 0 Å². The van der Waals surface area contributed by atoms with Gasteiger partial charge in [-0.3, -0.25) is 4.99 Å². The highest BCUT2D eigenvalue weighted by Gasteiger charge is 2.15. The van der Waals surface area contributed by atoms with Gasteiger partial charge in [-0.15, -0.1) is 0 Å². The molecule has 110 valence electrons. The number of amidine groups is 1. The molecule has 0 unspecified atom stereocenters. The minimum Gasteiger partial charge on any atom is -0.444 e. The maximum absolute atomic E-state index is 11.6. The van der Waals surface area contributed by atoms with E-state index in [1.165, 1.54) is 0 Å². The molecule has 0 saturated carbocycles. The Balaban J connectivity index is 2.54. The normalized spacial score (nSPS) is 12.1. The molecule has 0 fully saturated rings. The summed E-state index contributed by atoms with van der Waals surface area (Å²) in [4.78, 5) is 15.7. The minimum atomic E-state index is -0.487. The van der Waals surface area contributed by atoms with Crippen molar-refractivity contribution in [2.45, 2.75) is 46.4 Å². The number of rotatable bonds is 4. The van der Waals surface area contributed by atoms with Crippen molar-refractivity contribution in [3.8, 4) is 0 Å². The lowest BCUT2D eigenvalue weighted by molar-refractivity contribution is 0.0523. The van der Waals surface area contributed by atoms with Crippen molar-refractivity contribution < 1.29 is 9.53 Å². The highest BCUT2D eigenvalue weighted by atomic mass is 16.6. The van der Waals surface area contributed by atoms with E-state index in [4.69, 9.17) is 10.5 Å². The third-order valence-electron chi connectivity index (χ3n) is 2.34. The van der Waals surface area contributed by atoms with Crippen molar-refractivity contribution >= 4 is 11.9 Å². The fraction of sp³-hybridized carbons (Fsp3) is 0.467. The summed E-state index contributed by atoms with van der Waals surface area (Å²) >= 11 is 0. The van der Waals surface area contributed by atoms with Crippen LogP contribution in [0.4, 0.5) is 4.79 Å². The van der Waals surface area contributed by atoms with Crippen LogP contribution in [0.15, 0.2) is 29.3 Å². The van der Waals surface area contributed by atoms with Crippen molar-refractivity contribution in [3.63, 3.8) is 0 Å². The first-order valence-electron chi connectivity index (χ1n) is 6.57. The number of benzene rings is 1. The molecule has 0 aliphatic carbocycles. The molecule has 0 aliphatic rings. The van der Waals surface area contributed by atoms with Crippen LogP contribution in [0.1, 0.15) is 38.8 Å². The van der Waals surface area contributed by atoms with Gasteiger partial charge < -0.3 is 15.8 Å². The molecule has 0 aliphatic heterocycles. The average Bonchev–Trinajstić information content (AvgIpc) is 2.32. The number of amides is 1. The number of nitrogens with one attached hydrogen (secondary N) is 1. The lowest BCUT2D eigenvalue weighted by Gasteiger charge is -2.19. The minimum absolute atomic E-state index is 0.418. The van der Waals surface area contributed by atoms with Crippen LogP contribution in [0.2, 0.25) is 0 Å². The summed E-state index contributed by atoms with van der Waals surface area (Å²) < 4.78 is 5.18. The second kappa shape index (κ2) is 6.93. The molecule has 0 spiro atoms. The number of aliphatic imine (C=N–C) groups is 1. The Morgan fingerprint density at radius 1 is 1.35 bits per heavy atom. The van der Waals surface area contributed by atoms with E-state index >= 15 is 0 Å². The molecule has 0 saturated heterocycles. The average molecular weight is 277 g/mol. The molecule has 5 heteroatoms. The first-order chi connectivity index (χ1) is 9.26. The fourth-order valence-electron chi connectivity index (χ4n) is 1.54. The van der Waals surface area contributed by atoms with Crippen LogP contribution in [-0.2, 0) is 17.8 Å². The van der Waals surface area contributed by atoms with Gasteiger partial charge in [0.1, 0.15) is 5.60 Å². The second-order valence-electron chi connectivity index (χ2n) is 5.63. The third kappa shape index (κ3) is 6.78. The largest absolute Gasteiger partial charge is 0.444 e. The van der Waals surface area contributed by atoms with Crippen LogP contribution in [0, 0.1) is 0 Å². The van der Waals surface area contributed by atoms with Crippen molar-refractivity contribution in [1.29, 1.82) is 0 Å². The summed E-state index contributed by atoms with van der Waals surface area (Å²) in [7, 11) is 0. The zero-order chi connectivity index (χ0) is 15.2. The molecule has 0 bridgehead atoms. The van der Waals surface area contributed by atoms with Crippen molar-refractivity contribution in [2.24, 2.45) is 10.7 Å². The summed E-state index contributed by atoms with van der Waals surface area (Å²) in [6, 6.07) is 7.84. The highest BCUT2D eigenvalue weighted by Crippen LogP contribution is 2.09. The summed E-state index contributed by atoms with van der Waals surface area (Å²) in [5.41, 5.74) is 7.08. The number of alkyl carbamates (subject to hydrolysis) is 1. The van der Waals surface area contributed by atoms with E-state index < -0.39 is 11.7 Å². The van der Waals surface area contributed by atoms with Crippen LogP contribution >= 0.6 is 0 Å². The van der Waals surface area contributed by atoms with Crippen LogP contribution in [0.3, 0.4) is 0 Å². The summed E-state index contributed by atoms with van der Waals surface area (Å²) in [6.45, 7) is 8.23. The number of nitrogens with zero attached hydrogens (tertiary/aromatic N) is 1. The van der Waals surface area contributed by atoms with E-state index in [0.717, 1.165) is 11.1 Å². The van der Waals surface area contributed by atoms with Gasteiger partial charge in [-0.05, 0) is 38.8 Å². The second-order valence-corrected chi connectivity index (χ2v) is 5.63. The zero-order valence-electron chi connectivity index (χ0n) is 12.6. The Hall–Kier alpha value is -2.04. The number of carbonyl (C=O) groups excluding carboxylic acids is 1. The molecule has 3 N–H and O–H groups in total. The van der Waals surface area contributed by atoms with E-state index in [-0.39, 0.29) is 0 Å². The maximum Gasteiger partial charge on any atom is 0.407 e. The molecule has 1 amide bonds. The van der Waals surface area contributed by atoms with Crippen molar-refractivity contribution in [3.05, 3.63) is 35.4 Å². The van der Waals surface area contributed by atoms with Gasteiger partial charge in [-0.25, -0.2) is 4.79 Å². The Bertz CT molecular complexity index is 486. The van der Waals surface area contributed by atoms with E-state index in [2.05, 4.69) is 10.3 Å². The van der Waals surface area contributed by atoms with Gasteiger partial charge >= 0.3 is 6.09 Å².